The van der Waals surface area contributed by atoms with Crippen molar-refractivity contribution in [1.82, 2.24) is 4.90 Å². The zero-order chi connectivity index (χ0) is 24.6. The van der Waals surface area contributed by atoms with E-state index in [1.807, 2.05) is 43.4 Å². The van der Waals surface area contributed by atoms with Crippen LogP contribution in [0.25, 0.3) is 0 Å². The molecule has 0 aliphatic carbocycles. The van der Waals surface area contributed by atoms with Gasteiger partial charge in [0.05, 0.1) is 7.11 Å². The average Bonchev–Trinajstić information content (AvgIpc) is 2.70. The number of hydrogen-bond donors (Lipinski definition) is 1. The fourth-order valence-electron chi connectivity index (χ4n) is 2.33. The highest BCUT2D eigenvalue weighted by Gasteiger charge is 2.28. The molecular weight excluding hydrogens is 410 g/mol. The zero-order valence-electron chi connectivity index (χ0n) is 19.8. The van der Waals surface area contributed by atoms with E-state index in [-0.39, 0.29) is 18.6 Å². The summed E-state index contributed by atoms with van der Waals surface area (Å²) < 4.78 is 9.98. The summed E-state index contributed by atoms with van der Waals surface area (Å²) in [5.74, 6) is -2.03. The number of carbonyl (C=O) groups excluding carboxylic acids is 3. The minimum atomic E-state index is -0.992. The number of rotatable bonds is 11. The third kappa shape index (κ3) is 13.8. The van der Waals surface area contributed by atoms with E-state index in [0.29, 0.717) is 0 Å². The first-order valence-electron chi connectivity index (χ1n) is 10.3. The third-order valence-electron chi connectivity index (χ3n) is 3.84. The molecular formula is C25H35NO6. The lowest BCUT2D eigenvalue weighted by Gasteiger charge is -2.25. The Bertz CT molecular complexity index is 794. The average molecular weight is 446 g/mol. The molecule has 0 saturated carbocycles. The van der Waals surface area contributed by atoms with Gasteiger partial charge in [-0.25, -0.2) is 4.79 Å². The smallest absolute Gasteiger partial charge is 0.328 e. The molecule has 1 atom stereocenters. The molecule has 0 saturated heterocycles. The lowest BCUT2D eigenvalue weighted by molar-refractivity contribution is -0.157. The van der Waals surface area contributed by atoms with Crippen molar-refractivity contribution in [3.05, 3.63) is 72.6 Å². The van der Waals surface area contributed by atoms with Gasteiger partial charge in [-0.2, -0.15) is 0 Å². The van der Waals surface area contributed by atoms with Gasteiger partial charge in [0.15, 0.2) is 0 Å². The van der Waals surface area contributed by atoms with Crippen LogP contribution in [0.2, 0.25) is 0 Å². The molecule has 7 nitrogen and oxygen atoms in total. The van der Waals surface area contributed by atoms with Gasteiger partial charge in [-0.3, -0.25) is 9.59 Å². The number of ether oxygens (including phenoxy) is 2. The Labute approximate surface area is 191 Å². The summed E-state index contributed by atoms with van der Waals surface area (Å²) in [6, 6.07) is -0.992. The minimum Gasteiger partial charge on any atom is -0.508 e. The predicted molar refractivity (Wildman–Crippen MR) is 126 cm³/mol. The number of methoxy groups -OCH3 is 1. The van der Waals surface area contributed by atoms with Crippen LogP contribution in [0, 0.1) is 0 Å². The molecule has 0 radical (unpaired) electrons. The third-order valence-corrected chi connectivity index (χ3v) is 3.84. The van der Waals surface area contributed by atoms with Crippen LogP contribution in [0.1, 0.15) is 40.5 Å². The number of hydrogen-bond acceptors (Lipinski definition) is 6. The second-order valence-corrected chi connectivity index (χ2v) is 7.72. The first-order chi connectivity index (χ1) is 15.0. The molecule has 1 N–H and O–H groups in total. The zero-order valence-corrected chi connectivity index (χ0v) is 19.8. The Balaban J connectivity index is 4.98. The fourth-order valence-corrected chi connectivity index (χ4v) is 2.33. The van der Waals surface area contributed by atoms with E-state index in [9.17, 15) is 19.5 Å². The van der Waals surface area contributed by atoms with Crippen molar-refractivity contribution in [2.24, 2.45) is 0 Å². The summed E-state index contributed by atoms with van der Waals surface area (Å²) in [6.07, 6.45) is 18.6. The number of allylic oxidation sites excluding steroid dienone is 10. The second kappa shape index (κ2) is 15.5. The molecule has 1 amide bonds. The van der Waals surface area contributed by atoms with E-state index < -0.39 is 29.5 Å². The summed E-state index contributed by atoms with van der Waals surface area (Å²) in [5.41, 5.74) is -0.645. The molecule has 0 aromatic rings. The van der Waals surface area contributed by atoms with Gasteiger partial charge >= 0.3 is 11.9 Å². The summed E-state index contributed by atoms with van der Waals surface area (Å²) in [5, 5.41) is 9.96. The van der Waals surface area contributed by atoms with Crippen LogP contribution in [-0.4, -0.2) is 53.7 Å². The van der Waals surface area contributed by atoms with E-state index >= 15 is 0 Å². The molecule has 0 heterocycles. The molecule has 7 heteroatoms. The van der Waals surface area contributed by atoms with Crippen molar-refractivity contribution in [2.75, 3.05) is 14.2 Å². The first kappa shape index (κ1) is 28.6. The highest BCUT2D eigenvalue weighted by molar-refractivity contribution is 5.92. The summed E-state index contributed by atoms with van der Waals surface area (Å²) >= 11 is 0. The Morgan fingerprint density at radius 3 is 2.00 bits per heavy atom. The largest absolute Gasteiger partial charge is 0.508 e. The highest BCUT2D eigenvalue weighted by atomic mass is 16.6. The van der Waals surface area contributed by atoms with Gasteiger partial charge in [0.1, 0.15) is 17.4 Å². The Hall–Kier alpha value is -3.35. The van der Waals surface area contributed by atoms with E-state index in [4.69, 9.17) is 9.47 Å². The molecule has 0 bridgehead atoms. The Kier molecular flexibility index (Phi) is 13.8. The summed E-state index contributed by atoms with van der Waals surface area (Å²) in [7, 11) is 2.60. The van der Waals surface area contributed by atoms with Crippen LogP contribution in [0.15, 0.2) is 72.6 Å². The van der Waals surface area contributed by atoms with Crippen molar-refractivity contribution >= 4 is 17.8 Å². The maximum absolute atomic E-state index is 12.4. The quantitative estimate of drug-likeness (QED) is 0.220. The number of nitrogens with zero attached hydrogens (tertiary/aromatic N) is 1. The maximum Gasteiger partial charge on any atom is 0.328 e. The molecule has 0 aliphatic heterocycles. The SMILES string of the molecule is C/C=C/C=C/C=C/C=C/C=C/C(O)=C/C(=O)N(C)C(CCC(=O)OC(C)(C)C)C(=O)OC. The van der Waals surface area contributed by atoms with E-state index in [1.165, 1.54) is 20.2 Å². The van der Waals surface area contributed by atoms with E-state index in [0.717, 1.165) is 11.0 Å². The first-order valence-corrected chi connectivity index (χ1v) is 10.3. The van der Waals surface area contributed by atoms with Gasteiger partial charge < -0.3 is 19.5 Å². The lowest BCUT2D eigenvalue weighted by atomic mass is 10.1. The number of carbonyl (C=O) groups is 3. The number of amides is 1. The minimum absolute atomic E-state index is 0.0336. The molecule has 0 aromatic carbocycles. The fraction of sp³-hybridized carbons (Fsp3) is 0.400. The van der Waals surface area contributed by atoms with Crippen LogP contribution in [0.4, 0.5) is 0 Å². The molecule has 176 valence electrons. The maximum atomic E-state index is 12.4. The van der Waals surface area contributed by atoms with Gasteiger partial charge in [0.25, 0.3) is 5.91 Å². The summed E-state index contributed by atoms with van der Waals surface area (Å²) in [4.78, 5) is 37.6. The molecule has 0 aliphatic rings. The van der Waals surface area contributed by atoms with Crippen molar-refractivity contribution in [3.8, 4) is 0 Å². The number of aliphatic hydroxyl groups is 1. The summed E-state index contributed by atoms with van der Waals surface area (Å²) in [6.45, 7) is 7.16. The van der Waals surface area contributed by atoms with Gasteiger partial charge in [-0.15, -0.1) is 0 Å². The van der Waals surface area contributed by atoms with Crippen molar-refractivity contribution in [2.45, 2.75) is 52.2 Å². The molecule has 32 heavy (non-hydrogen) atoms. The van der Waals surface area contributed by atoms with Crippen LogP contribution in [0.3, 0.4) is 0 Å². The van der Waals surface area contributed by atoms with Crippen LogP contribution in [0.5, 0.6) is 0 Å². The van der Waals surface area contributed by atoms with Gasteiger partial charge in [0.2, 0.25) is 0 Å². The molecule has 0 aromatic heterocycles. The number of likely N-dealkylation sites (N-methyl/N-ethyl adjacent to an activating group) is 1. The Morgan fingerprint density at radius 1 is 0.969 bits per heavy atom. The molecule has 0 fully saturated rings. The highest BCUT2D eigenvalue weighted by Crippen LogP contribution is 2.13. The normalized spacial score (nSPS) is 14.1. The van der Waals surface area contributed by atoms with E-state index in [2.05, 4.69) is 0 Å². The van der Waals surface area contributed by atoms with Crippen molar-refractivity contribution in [3.63, 3.8) is 0 Å². The van der Waals surface area contributed by atoms with E-state index in [1.54, 1.807) is 39.0 Å². The van der Waals surface area contributed by atoms with Crippen LogP contribution < -0.4 is 0 Å². The lowest BCUT2D eigenvalue weighted by Crippen LogP contribution is -2.43. The van der Waals surface area contributed by atoms with Crippen molar-refractivity contribution in [1.29, 1.82) is 0 Å². The second-order valence-electron chi connectivity index (χ2n) is 7.72. The van der Waals surface area contributed by atoms with Gasteiger partial charge in [-0.05, 0) is 40.2 Å². The molecule has 0 spiro atoms. The standard InChI is InChI=1S/C25H35NO6/c1-7-8-9-10-11-12-13-14-15-16-20(27)19-22(28)26(5)21(24(30)31-6)17-18-23(29)32-25(2,3)4/h7-16,19,21,27H,17-18H2,1-6H3/b8-7+,10-9+,12-11+,14-13+,16-15+,20-19-. The molecule has 1 unspecified atom stereocenters. The molecule has 0 rings (SSSR count). The Morgan fingerprint density at radius 2 is 1.50 bits per heavy atom. The van der Waals surface area contributed by atoms with Gasteiger partial charge in [0, 0.05) is 19.5 Å². The monoisotopic (exact) mass is 445 g/mol. The number of esters is 2. The van der Waals surface area contributed by atoms with Crippen LogP contribution >= 0.6 is 0 Å². The topological polar surface area (TPSA) is 93.1 Å². The number of aliphatic hydroxyl groups excluding tert-OH is 1. The van der Waals surface area contributed by atoms with Crippen molar-refractivity contribution < 1.29 is 29.0 Å². The van der Waals surface area contributed by atoms with Gasteiger partial charge in [-0.1, -0.05) is 54.7 Å². The van der Waals surface area contributed by atoms with Crippen LogP contribution in [-0.2, 0) is 23.9 Å². The predicted octanol–water partition coefficient (Wildman–Crippen LogP) is 4.35.